The lowest BCUT2D eigenvalue weighted by Gasteiger charge is -2.01. The number of nitrogens with one attached hydrogen (secondary N) is 2. The molecule has 1 aromatic heterocycles. The molecule has 4 heteroatoms. The van der Waals surface area contributed by atoms with E-state index < -0.39 is 0 Å². The Labute approximate surface area is 77.5 Å². The molecule has 1 amide bonds. The van der Waals surface area contributed by atoms with Gasteiger partial charge in [0.15, 0.2) is 0 Å². The van der Waals surface area contributed by atoms with Crippen LogP contribution in [0.15, 0.2) is 18.3 Å². The summed E-state index contributed by atoms with van der Waals surface area (Å²) < 4.78 is 0. The van der Waals surface area contributed by atoms with Gasteiger partial charge in [-0.3, -0.25) is 4.79 Å². The number of carbonyl (C=O) groups is 1. The van der Waals surface area contributed by atoms with E-state index in [1.165, 1.54) is 0 Å². The van der Waals surface area contributed by atoms with Gasteiger partial charge in [-0.15, -0.1) is 0 Å². The van der Waals surface area contributed by atoms with Gasteiger partial charge in [-0.2, -0.15) is 0 Å². The fraction of sp³-hybridized carbons (Fsp3) is 0.444. The molecule has 0 unspecified atom stereocenters. The number of hydrogen-bond acceptors (Lipinski definition) is 2. The van der Waals surface area contributed by atoms with E-state index in [1.54, 1.807) is 0 Å². The highest BCUT2D eigenvalue weighted by Gasteiger charge is 1.94. The molecule has 0 spiro atoms. The Morgan fingerprint density at radius 3 is 3.08 bits per heavy atom. The Hall–Kier alpha value is -1.29. The Bertz CT molecular complexity index is 243. The smallest absolute Gasteiger partial charge is 0.217 e. The summed E-state index contributed by atoms with van der Waals surface area (Å²) in [4.78, 5) is 13.5. The first-order valence-electron chi connectivity index (χ1n) is 4.40. The molecule has 0 saturated carbocycles. The standard InChI is InChI=1S/C9H15N3O/c10-9(13)4-2-5-11-7-8-3-1-6-12-8/h1,3,6,11-12H,2,4-5,7H2,(H2,10,13). The van der Waals surface area contributed by atoms with Crippen molar-refractivity contribution < 1.29 is 4.79 Å². The molecule has 0 radical (unpaired) electrons. The average molecular weight is 181 g/mol. The number of H-pyrrole nitrogens is 1. The Balaban J connectivity index is 1.99. The van der Waals surface area contributed by atoms with Gasteiger partial charge in [0.25, 0.3) is 0 Å². The van der Waals surface area contributed by atoms with E-state index in [2.05, 4.69) is 10.3 Å². The minimum absolute atomic E-state index is 0.235. The van der Waals surface area contributed by atoms with E-state index >= 15 is 0 Å². The van der Waals surface area contributed by atoms with Crippen molar-refractivity contribution in [3.05, 3.63) is 24.0 Å². The molecule has 0 aliphatic heterocycles. The van der Waals surface area contributed by atoms with Crippen LogP contribution in [-0.2, 0) is 11.3 Å². The summed E-state index contributed by atoms with van der Waals surface area (Å²) in [5, 5.41) is 3.20. The fourth-order valence-electron chi connectivity index (χ4n) is 1.09. The van der Waals surface area contributed by atoms with Gasteiger partial charge in [-0.05, 0) is 25.1 Å². The van der Waals surface area contributed by atoms with Gasteiger partial charge < -0.3 is 16.0 Å². The molecule has 0 bridgehead atoms. The van der Waals surface area contributed by atoms with E-state index in [0.29, 0.717) is 6.42 Å². The lowest BCUT2D eigenvalue weighted by Crippen LogP contribution is -2.18. The zero-order valence-corrected chi connectivity index (χ0v) is 7.55. The summed E-state index contributed by atoms with van der Waals surface area (Å²) in [6.45, 7) is 1.63. The summed E-state index contributed by atoms with van der Waals surface area (Å²) in [5.74, 6) is -0.235. The maximum atomic E-state index is 10.4. The van der Waals surface area contributed by atoms with Crippen molar-refractivity contribution >= 4 is 5.91 Å². The van der Waals surface area contributed by atoms with Crippen LogP contribution in [0.5, 0.6) is 0 Å². The zero-order valence-electron chi connectivity index (χ0n) is 7.55. The summed E-state index contributed by atoms with van der Waals surface area (Å²) in [7, 11) is 0. The highest BCUT2D eigenvalue weighted by Crippen LogP contribution is 1.93. The number of amides is 1. The zero-order chi connectivity index (χ0) is 9.52. The lowest BCUT2D eigenvalue weighted by atomic mass is 10.3. The van der Waals surface area contributed by atoms with E-state index in [4.69, 9.17) is 5.73 Å². The molecular formula is C9H15N3O. The molecule has 0 atom stereocenters. The number of primary amides is 1. The second kappa shape index (κ2) is 5.37. The molecule has 1 rings (SSSR count). The van der Waals surface area contributed by atoms with Crippen LogP contribution >= 0.6 is 0 Å². The fourth-order valence-corrected chi connectivity index (χ4v) is 1.09. The van der Waals surface area contributed by atoms with Crippen molar-refractivity contribution in [2.24, 2.45) is 5.73 Å². The molecular weight excluding hydrogens is 166 g/mol. The second-order valence-electron chi connectivity index (χ2n) is 2.94. The maximum Gasteiger partial charge on any atom is 0.217 e. The van der Waals surface area contributed by atoms with Crippen LogP contribution in [0.25, 0.3) is 0 Å². The third-order valence-electron chi connectivity index (χ3n) is 1.75. The molecule has 0 saturated heterocycles. The molecule has 13 heavy (non-hydrogen) atoms. The molecule has 1 aromatic rings. The SMILES string of the molecule is NC(=O)CCCNCc1ccc[nH]1. The van der Waals surface area contributed by atoms with E-state index in [9.17, 15) is 4.79 Å². The minimum Gasteiger partial charge on any atom is -0.370 e. The van der Waals surface area contributed by atoms with Crippen molar-refractivity contribution in [1.29, 1.82) is 0 Å². The molecule has 0 aliphatic rings. The van der Waals surface area contributed by atoms with Crippen molar-refractivity contribution in [3.63, 3.8) is 0 Å². The largest absolute Gasteiger partial charge is 0.370 e. The quantitative estimate of drug-likeness (QED) is 0.555. The molecule has 1 heterocycles. The van der Waals surface area contributed by atoms with Crippen LogP contribution < -0.4 is 11.1 Å². The minimum atomic E-state index is -0.235. The van der Waals surface area contributed by atoms with E-state index in [-0.39, 0.29) is 5.91 Å². The molecule has 0 aromatic carbocycles. The van der Waals surface area contributed by atoms with Crippen molar-refractivity contribution in [2.75, 3.05) is 6.54 Å². The number of rotatable bonds is 6. The normalized spacial score (nSPS) is 10.2. The molecule has 72 valence electrons. The van der Waals surface area contributed by atoms with Crippen molar-refractivity contribution in [2.45, 2.75) is 19.4 Å². The van der Waals surface area contributed by atoms with Gasteiger partial charge in [0.05, 0.1) is 0 Å². The number of carbonyl (C=O) groups excluding carboxylic acids is 1. The predicted octanol–water partition coefficient (Wildman–Crippen LogP) is 0.370. The van der Waals surface area contributed by atoms with Crippen LogP contribution in [0.2, 0.25) is 0 Å². The molecule has 0 fully saturated rings. The predicted molar refractivity (Wildman–Crippen MR) is 50.9 cm³/mol. The van der Waals surface area contributed by atoms with Gasteiger partial charge in [-0.25, -0.2) is 0 Å². The van der Waals surface area contributed by atoms with E-state index in [1.807, 2.05) is 18.3 Å². The van der Waals surface area contributed by atoms with Crippen molar-refractivity contribution in [3.8, 4) is 0 Å². The monoisotopic (exact) mass is 181 g/mol. The topological polar surface area (TPSA) is 70.9 Å². The summed E-state index contributed by atoms with van der Waals surface area (Å²) in [6, 6.07) is 3.97. The first-order chi connectivity index (χ1) is 6.29. The number of hydrogen-bond donors (Lipinski definition) is 3. The van der Waals surface area contributed by atoms with Gasteiger partial charge in [0, 0.05) is 24.9 Å². The third kappa shape index (κ3) is 4.32. The highest BCUT2D eigenvalue weighted by molar-refractivity contribution is 5.73. The third-order valence-corrected chi connectivity index (χ3v) is 1.75. The van der Waals surface area contributed by atoms with E-state index in [0.717, 1.165) is 25.2 Å². The number of nitrogens with two attached hydrogens (primary N) is 1. The summed E-state index contributed by atoms with van der Waals surface area (Å²) in [5.41, 5.74) is 6.15. The van der Waals surface area contributed by atoms with Crippen molar-refractivity contribution in [1.82, 2.24) is 10.3 Å². The van der Waals surface area contributed by atoms with Gasteiger partial charge in [-0.1, -0.05) is 0 Å². The molecule has 4 N–H and O–H groups in total. The van der Waals surface area contributed by atoms with Gasteiger partial charge in [0.1, 0.15) is 0 Å². The average Bonchev–Trinajstić information content (AvgIpc) is 2.55. The second-order valence-corrected chi connectivity index (χ2v) is 2.94. The Morgan fingerprint density at radius 1 is 1.62 bits per heavy atom. The van der Waals surface area contributed by atoms with Crippen LogP contribution in [0.1, 0.15) is 18.5 Å². The summed E-state index contributed by atoms with van der Waals surface area (Å²) in [6.07, 6.45) is 3.15. The number of aromatic nitrogens is 1. The van der Waals surface area contributed by atoms with Crippen LogP contribution in [-0.4, -0.2) is 17.4 Å². The maximum absolute atomic E-state index is 10.4. The van der Waals surface area contributed by atoms with Gasteiger partial charge >= 0.3 is 0 Å². The van der Waals surface area contributed by atoms with Crippen LogP contribution in [0.4, 0.5) is 0 Å². The Kier molecular flexibility index (Phi) is 4.05. The highest BCUT2D eigenvalue weighted by atomic mass is 16.1. The Morgan fingerprint density at radius 2 is 2.46 bits per heavy atom. The summed E-state index contributed by atoms with van der Waals surface area (Å²) >= 11 is 0. The molecule has 0 aliphatic carbocycles. The molecule has 4 nitrogen and oxygen atoms in total. The lowest BCUT2D eigenvalue weighted by molar-refractivity contribution is -0.118. The van der Waals surface area contributed by atoms with Crippen LogP contribution in [0, 0.1) is 0 Å². The van der Waals surface area contributed by atoms with Crippen LogP contribution in [0.3, 0.4) is 0 Å². The first-order valence-corrected chi connectivity index (χ1v) is 4.40. The van der Waals surface area contributed by atoms with Gasteiger partial charge in [0.2, 0.25) is 5.91 Å². The number of aromatic amines is 1. The first kappa shape index (κ1) is 9.80.